The highest BCUT2D eigenvalue weighted by atomic mass is 32.2. The highest BCUT2D eigenvalue weighted by molar-refractivity contribution is 7.91. The van der Waals surface area contributed by atoms with E-state index in [4.69, 9.17) is 0 Å². The Bertz CT molecular complexity index is 1450. The summed E-state index contributed by atoms with van der Waals surface area (Å²) in [5, 5.41) is 0.989. The lowest BCUT2D eigenvalue weighted by Gasteiger charge is -2.09. The Morgan fingerprint density at radius 1 is 1.03 bits per heavy atom. The number of hydrogen-bond donors (Lipinski definition) is 0. The lowest BCUT2D eigenvalue weighted by Crippen LogP contribution is -2.10. The maximum absolute atomic E-state index is 13.5. The monoisotopic (exact) mass is 461 g/mol. The summed E-state index contributed by atoms with van der Waals surface area (Å²) in [4.78, 5) is 13.0. The molecule has 2 heterocycles. The third-order valence-electron chi connectivity index (χ3n) is 6.40. The molecule has 0 saturated carbocycles. The van der Waals surface area contributed by atoms with Gasteiger partial charge in [-0.05, 0) is 55.2 Å². The number of benzene rings is 3. The van der Waals surface area contributed by atoms with E-state index in [1.54, 1.807) is 12.1 Å². The van der Waals surface area contributed by atoms with Crippen LogP contribution in [0.1, 0.15) is 28.8 Å². The van der Waals surface area contributed by atoms with Crippen LogP contribution >= 0.6 is 0 Å². The predicted molar refractivity (Wildman–Crippen MR) is 129 cm³/mol. The lowest BCUT2D eigenvalue weighted by atomic mass is 9.96. The SMILES string of the molecule is Cc1ccc(-c2cn(-c3ccc(F)cc3)c3cc(C(=O)CC4CCS(=O)(=O)C4)ccc23)cc1. The quantitative estimate of drug-likeness (QED) is 0.356. The summed E-state index contributed by atoms with van der Waals surface area (Å²) in [6.45, 7) is 2.04. The topological polar surface area (TPSA) is 56.1 Å². The molecule has 0 bridgehead atoms. The van der Waals surface area contributed by atoms with Crippen molar-refractivity contribution in [2.75, 3.05) is 11.5 Å². The van der Waals surface area contributed by atoms with Crippen LogP contribution in [0.4, 0.5) is 4.39 Å². The van der Waals surface area contributed by atoms with E-state index in [0.29, 0.717) is 12.0 Å². The van der Waals surface area contributed by atoms with Gasteiger partial charge < -0.3 is 4.57 Å². The van der Waals surface area contributed by atoms with Crippen LogP contribution in [0.3, 0.4) is 0 Å². The Morgan fingerprint density at radius 2 is 1.76 bits per heavy atom. The van der Waals surface area contributed by atoms with E-state index in [2.05, 4.69) is 24.3 Å². The highest BCUT2D eigenvalue weighted by Gasteiger charge is 2.29. The van der Waals surface area contributed by atoms with Gasteiger partial charge in [0.05, 0.1) is 17.0 Å². The normalized spacial score (nSPS) is 17.5. The minimum atomic E-state index is -3.02. The van der Waals surface area contributed by atoms with Crippen LogP contribution in [0.25, 0.3) is 27.7 Å². The molecule has 1 unspecified atom stereocenters. The Kier molecular flexibility index (Phi) is 5.41. The van der Waals surface area contributed by atoms with E-state index in [0.717, 1.165) is 27.7 Å². The molecule has 1 aliphatic rings. The highest BCUT2D eigenvalue weighted by Crippen LogP contribution is 2.34. The molecule has 3 aromatic carbocycles. The molecule has 168 valence electrons. The van der Waals surface area contributed by atoms with Gasteiger partial charge in [0.25, 0.3) is 0 Å². The summed E-state index contributed by atoms with van der Waals surface area (Å²) in [7, 11) is -3.02. The van der Waals surface area contributed by atoms with Crippen molar-refractivity contribution in [3.05, 3.63) is 89.9 Å². The van der Waals surface area contributed by atoms with Crippen molar-refractivity contribution >= 4 is 26.5 Å². The van der Waals surface area contributed by atoms with Crippen molar-refractivity contribution in [1.82, 2.24) is 4.57 Å². The maximum Gasteiger partial charge on any atom is 0.163 e. The van der Waals surface area contributed by atoms with Crippen molar-refractivity contribution in [2.45, 2.75) is 19.8 Å². The van der Waals surface area contributed by atoms with Gasteiger partial charge in [-0.3, -0.25) is 4.79 Å². The van der Waals surface area contributed by atoms with Gasteiger partial charge >= 0.3 is 0 Å². The van der Waals surface area contributed by atoms with Crippen molar-refractivity contribution in [3.63, 3.8) is 0 Å². The summed E-state index contributed by atoms with van der Waals surface area (Å²) < 4.78 is 39.1. The number of aryl methyl sites for hydroxylation is 1. The number of carbonyl (C=O) groups is 1. The van der Waals surface area contributed by atoms with Crippen LogP contribution in [0.2, 0.25) is 0 Å². The van der Waals surface area contributed by atoms with Gasteiger partial charge in [-0.15, -0.1) is 0 Å². The number of hydrogen-bond acceptors (Lipinski definition) is 3. The largest absolute Gasteiger partial charge is 0.316 e. The minimum Gasteiger partial charge on any atom is -0.316 e. The standard InChI is InChI=1S/C27H24FNO3S/c1-18-2-4-20(5-3-18)25-16-29(23-9-7-22(28)8-10-23)26-15-21(6-11-24(25)26)27(30)14-19-12-13-33(31,32)17-19/h2-11,15-16,19H,12-14,17H2,1H3. The lowest BCUT2D eigenvalue weighted by molar-refractivity contribution is 0.0966. The molecule has 0 radical (unpaired) electrons. The van der Waals surface area contributed by atoms with Crippen molar-refractivity contribution in [2.24, 2.45) is 5.92 Å². The van der Waals surface area contributed by atoms with Crippen LogP contribution < -0.4 is 0 Å². The Balaban J connectivity index is 1.58. The molecule has 0 aliphatic carbocycles. The third kappa shape index (κ3) is 4.35. The van der Waals surface area contributed by atoms with E-state index in [1.165, 1.54) is 17.7 Å². The molecule has 5 rings (SSSR count). The van der Waals surface area contributed by atoms with Crippen molar-refractivity contribution in [1.29, 1.82) is 0 Å². The Hall–Kier alpha value is -3.25. The molecule has 0 spiro atoms. The average Bonchev–Trinajstić information content (AvgIpc) is 3.34. The number of rotatable bonds is 5. The predicted octanol–water partition coefficient (Wildman–Crippen LogP) is 5.75. The first-order chi connectivity index (χ1) is 15.8. The second-order valence-electron chi connectivity index (χ2n) is 8.88. The number of nitrogens with zero attached hydrogens (tertiary/aromatic N) is 1. The van der Waals surface area contributed by atoms with E-state index >= 15 is 0 Å². The Morgan fingerprint density at radius 3 is 2.42 bits per heavy atom. The average molecular weight is 462 g/mol. The number of carbonyl (C=O) groups excluding carboxylic acids is 1. The molecular formula is C27H24FNO3S. The fourth-order valence-electron chi connectivity index (χ4n) is 4.59. The molecule has 0 N–H and O–H groups in total. The van der Waals surface area contributed by atoms with Crippen LogP contribution in [-0.4, -0.2) is 30.3 Å². The van der Waals surface area contributed by atoms with Crippen molar-refractivity contribution in [3.8, 4) is 16.8 Å². The molecule has 33 heavy (non-hydrogen) atoms. The number of sulfone groups is 1. The third-order valence-corrected chi connectivity index (χ3v) is 8.23. The first kappa shape index (κ1) is 21.6. The van der Waals surface area contributed by atoms with Gasteiger partial charge in [-0.1, -0.05) is 42.0 Å². The number of halogens is 1. The molecule has 4 nitrogen and oxygen atoms in total. The van der Waals surface area contributed by atoms with Crippen molar-refractivity contribution < 1.29 is 17.6 Å². The first-order valence-corrected chi connectivity index (χ1v) is 12.8. The first-order valence-electron chi connectivity index (χ1n) is 11.0. The Labute approximate surface area is 192 Å². The van der Waals surface area contributed by atoms with Gasteiger partial charge in [0, 0.05) is 34.8 Å². The van der Waals surface area contributed by atoms with Crippen LogP contribution in [-0.2, 0) is 9.84 Å². The van der Waals surface area contributed by atoms with Gasteiger partial charge in [0.15, 0.2) is 15.6 Å². The number of Topliss-reactive ketones (excluding diaryl/α,β-unsaturated/α-hetero) is 1. The molecular weight excluding hydrogens is 437 g/mol. The van der Waals surface area contributed by atoms with Crippen LogP contribution in [0, 0.1) is 18.7 Å². The summed E-state index contributed by atoms with van der Waals surface area (Å²) in [5.74, 6) is -0.230. The van der Waals surface area contributed by atoms with Gasteiger partial charge in [0.1, 0.15) is 5.82 Å². The summed E-state index contributed by atoms with van der Waals surface area (Å²) in [6, 6.07) is 20.2. The molecule has 6 heteroatoms. The molecule has 1 aliphatic heterocycles. The maximum atomic E-state index is 13.5. The zero-order valence-corrected chi connectivity index (χ0v) is 19.1. The van der Waals surface area contributed by atoms with Gasteiger partial charge in [-0.2, -0.15) is 0 Å². The van der Waals surface area contributed by atoms with E-state index in [9.17, 15) is 17.6 Å². The smallest absolute Gasteiger partial charge is 0.163 e. The van der Waals surface area contributed by atoms with E-state index in [1.807, 2.05) is 35.9 Å². The number of fused-ring (bicyclic) bond motifs is 1. The zero-order chi connectivity index (χ0) is 23.2. The molecule has 1 atom stereocenters. The minimum absolute atomic E-state index is 0.0530. The van der Waals surface area contributed by atoms with Crippen LogP contribution in [0.5, 0.6) is 0 Å². The van der Waals surface area contributed by atoms with E-state index in [-0.39, 0.29) is 35.4 Å². The number of aromatic nitrogens is 1. The molecule has 1 saturated heterocycles. The summed E-state index contributed by atoms with van der Waals surface area (Å²) >= 11 is 0. The molecule has 1 aromatic heterocycles. The fraction of sp³-hybridized carbons (Fsp3) is 0.222. The molecule has 4 aromatic rings. The molecule has 0 amide bonds. The molecule has 1 fully saturated rings. The number of ketones is 1. The summed E-state index contributed by atoms with van der Waals surface area (Å²) in [6.07, 6.45) is 2.78. The van der Waals surface area contributed by atoms with E-state index < -0.39 is 9.84 Å². The van der Waals surface area contributed by atoms with Gasteiger partial charge in [-0.25, -0.2) is 12.8 Å². The second-order valence-corrected chi connectivity index (χ2v) is 11.1. The fourth-order valence-corrected chi connectivity index (χ4v) is 6.45. The summed E-state index contributed by atoms with van der Waals surface area (Å²) in [5.41, 5.74) is 5.46. The zero-order valence-electron chi connectivity index (χ0n) is 18.3. The second kappa shape index (κ2) is 8.27. The van der Waals surface area contributed by atoms with Gasteiger partial charge in [0.2, 0.25) is 0 Å². The van der Waals surface area contributed by atoms with Crippen LogP contribution in [0.15, 0.2) is 72.9 Å².